The lowest BCUT2D eigenvalue weighted by atomic mass is 9.97. The van der Waals surface area contributed by atoms with E-state index < -0.39 is 40.7 Å². The first-order valence-corrected chi connectivity index (χ1v) is 11.5. The molecule has 3 atom stereocenters. The molecule has 0 spiro atoms. The average molecular weight is 473 g/mol. The Kier molecular flexibility index (Phi) is 7.34. The van der Waals surface area contributed by atoms with Crippen molar-refractivity contribution in [3.8, 4) is 5.75 Å². The molecule has 1 heterocycles. The van der Waals surface area contributed by atoms with Crippen LogP contribution in [0.15, 0.2) is 48.5 Å². The Bertz CT molecular complexity index is 1040. The molecule has 176 valence electrons. The van der Waals surface area contributed by atoms with E-state index in [9.17, 15) is 29.7 Å². The fraction of sp³-hybridized carbons (Fsp3) is 0.375. The predicted octanol–water partition coefficient (Wildman–Crippen LogP) is 2.17. The normalized spacial score (nSPS) is 19.0. The molecule has 1 fully saturated rings. The number of carbonyl (C=O) groups is 3. The summed E-state index contributed by atoms with van der Waals surface area (Å²) in [6, 6.07) is 11.5. The number of hydrogen-bond acceptors (Lipinski definition) is 6. The molecule has 1 aliphatic rings. The van der Waals surface area contributed by atoms with E-state index >= 15 is 0 Å². The first kappa shape index (κ1) is 24.6. The maximum absolute atomic E-state index is 13.2. The van der Waals surface area contributed by atoms with Gasteiger partial charge in [-0.2, -0.15) is 0 Å². The van der Waals surface area contributed by atoms with Crippen LogP contribution in [0.5, 0.6) is 5.75 Å². The van der Waals surface area contributed by atoms with Gasteiger partial charge in [0.1, 0.15) is 11.8 Å². The van der Waals surface area contributed by atoms with Gasteiger partial charge < -0.3 is 25.5 Å². The van der Waals surface area contributed by atoms with Gasteiger partial charge in [-0.1, -0.05) is 36.4 Å². The molecule has 2 aromatic rings. The van der Waals surface area contributed by atoms with Gasteiger partial charge in [0.15, 0.2) is 6.10 Å². The molecule has 0 aliphatic carbocycles. The van der Waals surface area contributed by atoms with Crippen LogP contribution >= 0.6 is 11.8 Å². The van der Waals surface area contributed by atoms with Crippen molar-refractivity contribution in [2.45, 2.75) is 50.1 Å². The number of aliphatic carboxylic acids is 1. The molecular weight excluding hydrogens is 444 g/mol. The number of aromatic hydroxyl groups is 1. The van der Waals surface area contributed by atoms with Crippen LogP contribution in [0.1, 0.15) is 35.3 Å². The van der Waals surface area contributed by atoms with E-state index in [0.717, 1.165) is 10.5 Å². The van der Waals surface area contributed by atoms with E-state index in [4.69, 9.17) is 0 Å². The third-order valence-electron chi connectivity index (χ3n) is 5.86. The summed E-state index contributed by atoms with van der Waals surface area (Å²) in [7, 11) is 0. The molecule has 4 N–H and O–H groups in total. The lowest BCUT2D eigenvalue weighted by Crippen LogP contribution is -2.57. The van der Waals surface area contributed by atoms with Gasteiger partial charge in [0.2, 0.25) is 0 Å². The topological polar surface area (TPSA) is 127 Å². The fourth-order valence-electron chi connectivity index (χ4n) is 3.95. The molecule has 0 radical (unpaired) electrons. The number of carboxylic acid groups (broad SMARTS) is 1. The smallest absolute Gasteiger partial charge is 0.327 e. The van der Waals surface area contributed by atoms with Gasteiger partial charge in [-0.25, -0.2) is 4.79 Å². The number of phenolic OH excluding ortho intramolecular Hbond substituents is 1. The summed E-state index contributed by atoms with van der Waals surface area (Å²) in [5, 5.41) is 33.4. The molecule has 0 aromatic heterocycles. The van der Waals surface area contributed by atoms with E-state index in [0.29, 0.717) is 5.56 Å². The van der Waals surface area contributed by atoms with Gasteiger partial charge in [-0.15, -0.1) is 11.8 Å². The van der Waals surface area contributed by atoms with Gasteiger partial charge in [-0.05, 0) is 44.9 Å². The molecular formula is C24H28N2O6S. The Morgan fingerprint density at radius 2 is 1.82 bits per heavy atom. The number of carbonyl (C=O) groups excluding carboxylic acids is 2. The highest BCUT2D eigenvalue weighted by Crippen LogP contribution is 2.39. The lowest BCUT2D eigenvalue weighted by Gasteiger charge is -2.31. The van der Waals surface area contributed by atoms with Crippen LogP contribution in [0.25, 0.3) is 0 Å². The van der Waals surface area contributed by atoms with Crippen molar-refractivity contribution in [3.05, 3.63) is 65.2 Å². The SMILES string of the molecule is Cc1c(O)cccc1C(=O)N[C@@H](Cc1ccccc1)[C@H](O)C(=O)N1CSC(C)(C)C1C(=O)O. The van der Waals surface area contributed by atoms with E-state index in [-0.39, 0.29) is 23.6 Å². The third-order valence-corrected chi connectivity index (χ3v) is 7.24. The highest BCUT2D eigenvalue weighted by molar-refractivity contribution is 8.00. The van der Waals surface area contributed by atoms with Gasteiger partial charge >= 0.3 is 5.97 Å². The number of phenols is 1. The first-order valence-electron chi connectivity index (χ1n) is 10.5. The molecule has 0 saturated carbocycles. The summed E-state index contributed by atoms with van der Waals surface area (Å²) < 4.78 is -0.724. The predicted molar refractivity (Wildman–Crippen MR) is 125 cm³/mol. The maximum atomic E-state index is 13.2. The van der Waals surface area contributed by atoms with Crippen LogP contribution in [0.4, 0.5) is 0 Å². The number of aliphatic hydroxyl groups is 1. The maximum Gasteiger partial charge on any atom is 0.327 e. The van der Waals surface area contributed by atoms with Gasteiger partial charge in [0, 0.05) is 15.9 Å². The minimum atomic E-state index is -1.66. The van der Waals surface area contributed by atoms with Crippen molar-refractivity contribution in [1.82, 2.24) is 10.2 Å². The Morgan fingerprint density at radius 3 is 2.45 bits per heavy atom. The molecule has 33 heavy (non-hydrogen) atoms. The summed E-state index contributed by atoms with van der Waals surface area (Å²) in [6.45, 7) is 5.08. The molecule has 8 nitrogen and oxygen atoms in total. The number of thioether (sulfide) groups is 1. The zero-order valence-electron chi connectivity index (χ0n) is 18.7. The van der Waals surface area contributed by atoms with Gasteiger partial charge in [0.05, 0.1) is 11.9 Å². The zero-order valence-corrected chi connectivity index (χ0v) is 19.5. The van der Waals surface area contributed by atoms with Gasteiger partial charge in [-0.3, -0.25) is 9.59 Å². The van der Waals surface area contributed by atoms with Crippen molar-refractivity contribution in [1.29, 1.82) is 0 Å². The second kappa shape index (κ2) is 9.84. The van der Waals surface area contributed by atoms with E-state index in [1.807, 2.05) is 30.3 Å². The van der Waals surface area contributed by atoms with Crippen LogP contribution in [-0.4, -0.2) is 66.8 Å². The number of amides is 2. The summed E-state index contributed by atoms with van der Waals surface area (Å²) in [6.07, 6.45) is -1.51. The minimum absolute atomic E-state index is 0.0421. The number of aliphatic hydroxyl groups excluding tert-OH is 1. The molecule has 0 bridgehead atoms. The zero-order chi connectivity index (χ0) is 24.3. The summed E-state index contributed by atoms with van der Waals surface area (Å²) in [4.78, 5) is 39.2. The molecule has 1 unspecified atom stereocenters. The Morgan fingerprint density at radius 1 is 1.15 bits per heavy atom. The van der Waals surface area contributed by atoms with Crippen LogP contribution in [0.2, 0.25) is 0 Å². The summed E-state index contributed by atoms with van der Waals surface area (Å²) in [5.41, 5.74) is 1.38. The Balaban J connectivity index is 1.88. The van der Waals surface area contributed by atoms with Crippen LogP contribution in [0, 0.1) is 6.92 Å². The quantitative estimate of drug-likeness (QED) is 0.486. The third kappa shape index (κ3) is 5.31. The molecule has 2 aromatic carbocycles. The van der Waals surface area contributed by atoms with Crippen LogP contribution in [-0.2, 0) is 16.0 Å². The number of nitrogens with zero attached hydrogens (tertiary/aromatic N) is 1. The van der Waals surface area contributed by atoms with Crippen molar-refractivity contribution in [2.75, 3.05) is 5.88 Å². The van der Waals surface area contributed by atoms with Gasteiger partial charge in [0.25, 0.3) is 11.8 Å². The number of rotatable bonds is 7. The monoisotopic (exact) mass is 472 g/mol. The number of nitrogens with one attached hydrogen (secondary N) is 1. The highest BCUT2D eigenvalue weighted by atomic mass is 32.2. The first-order chi connectivity index (χ1) is 15.5. The minimum Gasteiger partial charge on any atom is -0.508 e. The number of carboxylic acids is 1. The fourth-order valence-corrected chi connectivity index (χ4v) is 5.09. The largest absolute Gasteiger partial charge is 0.508 e. The van der Waals surface area contributed by atoms with Crippen molar-refractivity contribution >= 4 is 29.5 Å². The molecule has 3 rings (SSSR count). The molecule has 9 heteroatoms. The summed E-state index contributed by atoms with van der Waals surface area (Å²) >= 11 is 1.32. The Hall–Kier alpha value is -3.04. The highest BCUT2D eigenvalue weighted by Gasteiger charge is 2.50. The summed E-state index contributed by atoms with van der Waals surface area (Å²) in [5.74, 6) is -2.38. The average Bonchev–Trinajstić information content (AvgIpc) is 3.10. The standard InChI is InChI=1S/C24H28N2O6S/c1-14-16(10-7-11-18(14)27)21(29)25-17(12-15-8-5-4-6-9-15)19(28)22(30)26-13-33-24(2,3)20(26)23(31)32/h4-11,17,19-20,27-28H,12-13H2,1-3H3,(H,25,29)(H,31,32)/t17-,19-,20?/m0/s1. The van der Waals surface area contributed by atoms with Crippen LogP contribution < -0.4 is 5.32 Å². The molecule has 1 aliphatic heterocycles. The van der Waals surface area contributed by atoms with Crippen molar-refractivity contribution in [2.24, 2.45) is 0 Å². The molecule has 1 saturated heterocycles. The molecule has 2 amide bonds. The van der Waals surface area contributed by atoms with E-state index in [2.05, 4.69) is 5.32 Å². The number of benzene rings is 2. The van der Waals surface area contributed by atoms with E-state index in [1.165, 1.54) is 30.0 Å². The van der Waals surface area contributed by atoms with Crippen molar-refractivity contribution < 1.29 is 29.7 Å². The lowest BCUT2D eigenvalue weighted by molar-refractivity contribution is -0.154. The van der Waals surface area contributed by atoms with Crippen LogP contribution in [0.3, 0.4) is 0 Å². The second-order valence-electron chi connectivity index (χ2n) is 8.59. The number of hydrogen-bond donors (Lipinski definition) is 4. The Labute approximate surface area is 196 Å². The van der Waals surface area contributed by atoms with Crippen molar-refractivity contribution in [3.63, 3.8) is 0 Å². The second-order valence-corrected chi connectivity index (χ2v) is 10.2. The van der Waals surface area contributed by atoms with E-state index in [1.54, 1.807) is 20.8 Å².